The first-order valence-corrected chi connectivity index (χ1v) is 9.12. The van der Waals surface area contributed by atoms with E-state index in [0.717, 1.165) is 11.1 Å². The molecule has 29 heavy (non-hydrogen) atoms. The number of amides is 2. The van der Waals surface area contributed by atoms with Crippen LogP contribution in [-0.4, -0.2) is 42.3 Å². The highest BCUT2D eigenvalue weighted by Crippen LogP contribution is 2.13. The molecular formula is C21H24N2O6. The van der Waals surface area contributed by atoms with Gasteiger partial charge in [0.05, 0.1) is 0 Å². The second kappa shape index (κ2) is 11.3. The molecule has 2 amide bonds. The van der Waals surface area contributed by atoms with E-state index >= 15 is 0 Å². The van der Waals surface area contributed by atoms with Gasteiger partial charge in [0.25, 0.3) is 5.91 Å². The minimum atomic E-state index is -1.12. The van der Waals surface area contributed by atoms with E-state index in [1.807, 2.05) is 36.4 Å². The Labute approximate surface area is 168 Å². The number of ether oxygens (including phenoxy) is 2. The first-order chi connectivity index (χ1) is 13.9. The van der Waals surface area contributed by atoms with Crippen LogP contribution in [0.25, 0.3) is 0 Å². The molecule has 0 aliphatic rings. The highest BCUT2D eigenvalue weighted by atomic mass is 16.5. The maximum atomic E-state index is 11.7. The van der Waals surface area contributed by atoms with Crippen molar-refractivity contribution in [1.82, 2.24) is 10.6 Å². The highest BCUT2D eigenvalue weighted by Gasteiger charge is 2.14. The van der Waals surface area contributed by atoms with E-state index in [4.69, 9.17) is 14.6 Å². The number of hydrogen-bond donors (Lipinski definition) is 3. The number of nitrogens with one attached hydrogen (secondary N) is 2. The van der Waals surface area contributed by atoms with Crippen LogP contribution in [0.5, 0.6) is 5.75 Å². The van der Waals surface area contributed by atoms with E-state index in [-0.39, 0.29) is 13.2 Å². The number of carbonyl (C=O) groups excluding carboxylic acids is 2. The van der Waals surface area contributed by atoms with Gasteiger partial charge in [0.15, 0.2) is 6.61 Å². The molecule has 2 rings (SSSR count). The van der Waals surface area contributed by atoms with Gasteiger partial charge < -0.3 is 25.2 Å². The molecule has 2 aromatic rings. The van der Waals surface area contributed by atoms with E-state index in [1.165, 1.54) is 6.92 Å². The maximum absolute atomic E-state index is 11.7. The zero-order valence-electron chi connectivity index (χ0n) is 16.1. The fourth-order valence-electron chi connectivity index (χ4n) is 2.37. The normalized spacial score (nSPS) is 11.2. The van der Waals surface area contributed by atoms with Crippen LogP contribution < -0.4 is 15.4 Å². The van der Waals surface area contributed by atoms with Crippen LogP contribution in [0, 0.1) is 0 Å². The molecule has 0 saturated heterocycles. The molecular weight excluding hydrogens is 376 g/mol. The molecule has 2 aromatic carbocycles. The van der Waals surface area contributed by atoms with Gasteiger partial charge in [-0.05, 0) is 36.6 Å². The van der Waals surface area contributed by atoms with Crippen molar-refractivity contribution >= 4 is 18.0 Å². The van der Waals surface area contributed by atoms with Crippen molar-refractivity contribution in [3.05, 3.63) is 65.7 Å². The van der Waals surface area contributed by atoms with E-state index in [9.17, 15) is 14.4 Å². The third-order valence-electron chi connectivity index (χ3n) is 3.91. The standard InChI is InChI=1S/C21H24N2O6/c1-15(20(25)26)23-19(24)14-28-18-9-5-8-16(12-18)10-11-22-21(27)29-13-17-6-3-2-4-7-17/h2-9,12,15H,10-11,13-14H2,1H3,(H,22,27)(H,23,24)(H,25,26)/t15-/m0/s1. The van der Waals surface area contributed by atoms with E-state index in [2.05, 4.69) is 10.6 Å². The Balaban J connectivity index is 1.70. The van der Waals surface area contributed by atoms with Crippen molar-refractivity contribution in [3.63, 3.8) is 0 Å². The van der Waals surface area contributed by atoms with Gasteiger partial charge in [-0.3, -0.25) is 9.59 Å². The molecule has 8 heteroatoms. The van der Waals surface area contributed by atoms with Crippen LogP contribution in [0.15, 0.2) is 54.6 Å². The van der Waals surface area contributed by atoms with Gasteiger partial charge in [-0.1, -0.05) is 42.5 Å². The number of carbonyl (C=O) groups is 3. The molecule has 0 unspecified atom stereocenters. The monoisotopic (exact) mass is 400 g/mol. The molecule has 0 aliphatic carbocycles. The summed E-state index contributed by atoms with van der Waals surface area (Å²) in [5.74, 6) is -1.16. The number of carboxylic acids is 1. The molecule has 0 fully saturated rings. The van der Waals surface area contributed by atoms with Crippen molar-refractivity contribution in [2.45, 2.75) is 26.0 Å². The summed E-state index contributed by atoms with van der Waals surface area (Å²) in [5.41, 5.74) is 1.82. The van der Waals surface area contributed by atoms with Crippen molar-refractivity contribution in [2.24, 2.45) is 0 Å². The number of alkyl carbamates (subject to hydrolysis) is 1. The van der Waals surface area contributed by atoms with Crippen LogP contribution in [-0.2, 0) is 27.4 Å². The molecule has 0 radical (unpaired) electrons. The molecule has 0 bridgehead atoms. The number of benzene rings is 2. The van der Waals surface area contributed by atoms with Crippen LogP contribution in [0.3, 0.4) is 0 Å². The third-order valence-corrected chi connectivity index (χ3v) is 3.91. The summed E-state index contributed by atoms with van der Waals surface area (Å²) in [6.07, 6.45) is 0.0605. The van der Waals surface area contributed by atoms with Gasteiger partial charge in [0.2, 0.25) is 0 Å². The number of aliphatic carboxylic acids is 1. The summed E-state index contributed by atoms with van der Waals surface area (Å²) >= 11 is 0. The minimum Gasteiger partial charge on any atom is -0.484 e. The fourth-order valence-corrected chi connectivity index (χ4v) is 2.37. The first-order valence-electron chi connectivity index (χ1n) is 9.12. The lowest BCUT2D eigenvalue weighted by molar-refractivity contribution is -0.141. The van der Waals surface area contributed by atoms with Gasteiger partial charge in [-0.25, -0.2) is 4.79 Å². The maximum Gasteiger partial charge on any atom is 0.407 e. The van der Waals surface area contributed by atoms with Crippen molar-refractivity contribution in [3.8, 4) is 5.75 Å². The Bertz CT molecular complexity index is 825. The smallest absolute Gasteiger partial charge is 0.407 e. The molecule has 154 valence electrons. The van der Waals surface area contributed by atoms with Crippen molar-refractivity contribution in [2.75, 3.05) is 13.2 Å². The quantitative estimate of drug-likeness (QED) is 0.563. The predicted octanol–water partition coefficient (Wildman–Crippen LogP) is 2.12. The molecule has 0 aromatic heterocycles. The van der Waals surface area contributed by atoms with E-state index in [0.29, 0.717) is 18.7 Å². The Morgan fingerprint density at radius 1 is 1.03 bits per heavy atom. The molecule has 0 heterocycles. The second-order valence-electron chi connectivity index (χ2n) is 6.30. The lowest BCUT2D eigenvalue weighted by atomic mass is 10.1. The lowest BCUT2D eigenvalue weighted by Crippen LogP contribution is -2.40. The summed E-state index contributed by atoms with van der Waals surface area (Å²) in [5, 5.41) is 13.8. The van der Waals surface area contributed by atoms with Crippen molar-refractivity contribution < 1.29 is 29.0 Å². The Morgan fingerprint density at radius 2 is 1.76 bits per heavy atom. The first kappa shape index (κ1) is 21.7. The molecule has 0 saturated carbocycles. The van der Waals surface area contributed by atoms with Crippen LogP contribution in [0.1, 0.15) is 18.1 Å². The Kier molecular flexibility index (Phi) is 8.50. The minimum absolute atomic E-state index is 0.207. The van der Waals surface area contributed by atoms with Crippen LogP contribution in [0.2, 0.25) is 0 Å². The summed E-state index contributed by atoms with van der Waals surface area (Å²) in [7, 11) is 0. The molecule has 1 atom stereocenters. The number of carboxylic acid groups (broad SMARTS) is 1. The number of hydrogen-bond acceptors (Lipinski definition) is 5. The van der Waals surface area contributed by atoms with Crippen LogP contribution in [0.4, 0.5) is 4.79 Å². The van der Waals surface area contributed by atoms with E-state index < -0.39 is 24.0 Å². The van der Waals surface area contributed by atoms with Gasteiger partial charge in [0.1, 0.15) is 18.4 Å². The number of rotatable bonds is 10. The fraction of sp³-hybridized carbons (Fsp3) is 0.286. The summed E-state index contributed by atoms with van der Waals surface area (Å²) in [6.45, 7) is 1.68. The summed E-state index contributed by atoms with van der Waals surface area (Å²) in [6, 6.07) is 15.5. The van der Waals surface area contributed by atoms with Crippen molar-refractivity contribution in [1.29, 1.82) is 0 Å². The SMILES string of the molecule is C[C@H](NC(=O)COc1cccc(CCNC(=O)OCc2ccccc2)c1)C(=O)O. The predicted molar refractivity (Wildman–Crippen MR) is 106 cm³/mol. The molecule has 0 spiro atoms. The molecule has 3 N–H and O–H groups in total. The van der Waals surface area contributed by atoms with Gasteiger partial charge in [-0.2, -0.15) is 0 Å². The van der Waals surface area contributed by atoms with Gasteiger partial charge in [-0.15, -0.1) is 0 Å². The zero-order valence-corrected chi connectivity index (χ0v) is 16.1. The molecule has 0 aliphatic heterocycles. The largest absolute Gasteiger partial charge is 0.484 e. The Hall–Kier alpha value is -3.55. The van der Waals surface area contributed by atoms with Gasteiger partial charge >= 0.3 is 12.1 Å². The Morgan fingerprint density at radius 3 is 2.48 bits per heavy atom. The van der Waals surface area contributed by atoms with E-state index in [1.54, 1.807) is 18.2 Å². The van der Waals surface area contributed by atoms with Gasteiger partial charge in [0, 0.05) is 6.54 Å². The van der Waals surface area contributed by atoms with Crippen LogP contribution >= 0.6 is 0 Å². The topological polar surface area (TPSA) is 114 Å². The summed E-state index contributed by atoms with van der Waals surface area (Å²) < 4.78 is 10.5. The lowest BCUT2D eigenvalue weighted by Gasteiger charge is -2.11. The zero-order chi connectivity index (χ0) is 21.1. The average molecular weight is 400 g/mol. The second-order valence-corrected chi connectivity index (χ2v) is 6.30. The summed E-state index contributed by atoms with van der Waals surface area (Å²) in [4.78, 5) is 34.1. The molecule has 8 nitrogen and oxygen atoms in total. The average Bonchev–Trinajstić information content (AvgIpc) is 2.72. The highest BCUT2D eigenvalue weighted by molar-refractivity contribution is 5.84. The third kappa shape index (κ3) is 8.34.